The minimum atomic E-state index is -0.312. The quantitative estimate of drug-likeness (QED) is 0.669. The fourth-order valence-corrected chi connectivity index (χ4v) is 2.82. The molecule has 2 heterocycles. The summed E-state index contributed by atoms with van der Waals surface area (Å²) in [5, 5.41) is 11.7. The highest BCUT2D eigenvalue weighted by molar-refractivity contribution is 6.30. The highest BCUT2D eigenvalue weighted by Gasteiger charge is 2.22. The van der Waals surface area contributed by atoms with Gasteiger partial charge in [0.15, 0.2) is 5.69 Å². The maximum atomic E-state index is 12.6. The van der Waals surface area contributed by atoms with E-state index >= 15 is 0 Å². The Morgan fingerprint density at radius 3 is 2.89 bits per heavy atom. The van der Waals surface area contributed by atoms with Gasteiger partial charge in [-0.1, -0.05) is 22.8 Å². The van der Waals surface area contributed by atoms with E-state index in [1.165, 1.54) is 0 Å². The van der Waals surface area contributed by atoms with E-state index in [-0.39, 0.29) is 24.2 Å². The molecule has 142 valence electrons. The predicted octanol–water partition coefficient (Wildman–Crippen LogP) is 3.54. The largest absolute Gasteiger partial charge is 0.489 e. The Morgan fingerprint density at radius 1 is 1.37 bits per heavy atom. The van der Waals surface area contributed by atoms with Gasteiger partial charge in [0.05, 0.1) is 17.8 Å². The molecule has 27 heavy (non-hydrogen) atoms. The minimum absolute atomic E-state index is 0.129. The van der Waals surface area contributed by atoms with Crippen molar-refractivity contribution < 1.29 is 14.1 Å². The number of nitrogens with zero attached hydrogens (tertiary/aromatic N) is 3. The van der Waals surface area contributed by atoms with Crippen LogP contribution in [-0.2, 0) is 13.2 Å². The van der Waals surface area contributed by atoms with Crippen molar-refractivity contribution in [1.82, 2.24) is 20.3 Å². The third kappa shape index (κ3) is 4.89. The van der Waals surface area contributed by atoms with Gasteiger partial charge in [0.25, 0.3) is 5.91 Å². The highest BCUT2D eigenvalue weighted by atomic mass is 35.5. The van der Waals surface area contributed by atoms with E-state index in [1.54, 1.807) is 35.9 Å². The predicted molar refractivity (Wildman–Crippen MR) is 101 cm³/mol. The van der Waals surface area contributed by atoms with Crippen LogP contribution in [0.25, 0.3) is 0 Å². The summed E-state index contributed by atoms with van der Waals surface area (Å²) in [4.78, 5) is 12.6. The van der Waals surface area contributed by atoms with Crippen molar-refractivity contribution in [1.29, 1.82) is 0 Å². The molecule has 0 saturated carbocycles. The average Bonchev–Trinajstić information content (AvgIpc) is 3.18. The molecule has 1 aromatic carbocycles. The van der Waals surface area contributed by atoms with E-state index < -0.39 is 0 Å². The molecule has 3 rings (SSSR count). The summed E-state index contributed by atoms with van der Waals surface area (Å²) in [6.07, 6.45) is 1.88. The molecule has 0 fully saturated rings. The third-order valence-electron chi connectivity index (χ3n) is 3.99. The van der Waals surface area contributed by atoms with Crippen LogP contribution in [0.4, 0.5) is 0 Å². The van der Waals surface area contributed by atoms with E-state index in [2.05, 4.69) is 15.6 Å². The summed E-state index contributed by atoms with van der Waals surface area (Å²) >= 11 is 5.96. The van der Waals surface area contributed by atoms with Crippen molar-refractivity contribution in [3.63, 3.8) is 0 Å². The first-order chi connectivity index (χ1) is 12.9. The van der Waals surface area contributed by atoms with Gasteiger partial charge in [-0.15, -0.1) is 0 Å². The van der Waals surface area contributed by atoms with Crippen molar-refractivity contribution in [2.24, 2.45) is 0 Å². The number of aromatic nitrogens is 3. The molecule has 0 aliphatic heterocycles. The van der Waals surface area contributed by atoms with Gasteiger partial charge in [0.2, 0.25) is 0 Å². The molecule has 1 N–H and O–H groups in total. The number of amides is 1. The Morgan fingerprint density at radius 2 is 2.19 bits per heavy atom. The van der Waals surface area contributed by atoms with Crippen LogP contribution in [0.15, 0.2) is 41.1 Å². The summed E-state index contributed by atoms with van der Waals surface area (Å²) in [7, 11) is 0. The molecule has 0 bridgehead atoms. The molecule has 2 aromatic heterocycles. The monoisotopic (exact) mass is 388 g/mol. The Hall–Kier alpha value is -2.80. The molecule has 0 aliphatic carbocycles. The number of aryl methyl sites for hydroxylation is 2. The minimum Gasteiger partial charge on any atom is -0.489 e. The Labute approximate surface area is 162 Å². The Kier molecular flexibility index (Phi) is 5.81. The van der Waals surface area contributed by atoms with Crippen molar-refractivity contribution in [2.75, 3.05) is 0 Å². The van der Waals surface area contributed by atoms with E-state index in [9.17, 15) is 4.79 Å². The molecule has 0 spiro atoms. The number of ether oxygens (including phenoxy) is 1. The zero-order chi connectivity index (χ0) is 19.4. The number of carbonyl (C=O) groups is 1. The number of nitrogens with one attached hydrogen (secondary N) is 1. The van der Waals surface area contributed by atoms with Gasteiger partial charge in [0.1, 0.15) is 18.1 Å². The van der Waals surface area contributed by atoms with Gasteiger partial charge in [-0.25, -0.2) is 0 Å². The van der Waals surface area contributed by atoms with Crippen LogP contribution in [0.2, 0.25) is 5.02 Å². The summed E-state index contributed by atoms with van der Waals surface area (Å²) in [5.41, 5.74) is 1.76. The van der Waals surface area contributed by atoms with E-state index in [4.69, 9.17) is 20.9 Å². The standard InChI is InChI=1S/C19H21ClN4O3/c1-12-7-8-24(22-12)10-13(2)21-19(25)18-17(14(3)27-23-18)11-26-16-6-4-5-15(20)9-16/h4-9,13H,10-11H2,1-3H3,(H,21,25). The summed E-state index contributed by atoms with van der Waals surface area (Å²) in [6.45, 7) is 6.29. The average molecular weight is 389 g/mol. The van der Waals surface area contributed by atoms with E-state index in [1.807, 2.05) is 26.1 Å². The summed E-state index contributed by atoms with van der Waals surface area (Å²) in [6, 6.07) is 8.85. The van der Waals surface area contributed by atoms with Crippen LogP contribution in [0.1, 0.15) is 34.4 Å². The number of benzene rings is 1. The SMILES string of the molecule is Cc1ccn(CC(C)NC(=O)c2noc(C)c2COc2cccc(Cl)c2)n1. The molecule has 0 saturated heterocycles. The first kappa shape index (κ1) is 19.0. The number of hydrogen-bond donors (Lipinski definition) is 1. The topological polar surface area (TPSA) is 82.2 Å². The fraction of sp³-hybridized carbons (Fsp3) is 0.316. The molecule has 7 nitrogen and oxygen atoms in total. The number of carbonyl (C=O) groups excluding carboxylic acids is 1. The molecule has 0 aliphatic rings. The molecule has 8 heteroatoms. The van der Waals surface area contributed by atoms with Crippen LogP contribution in [0.3, 0.4) is 0 Å². The van der Waals surface area contributed by atoms with Gasteiger partial charge < -0.3 is 14.6 Å². The maximum Gasteiger partial charge on any atom is 0.274 e. The van der Waals surface area contributed by atoms with Gasteiger partial charge >= 0.3 is 0 Å². The zero-order valence-corrected chi connectivity index (χ0v) is 16.2. The molecule has 1 unspecified atom stereocenters. The number of hydrogen-bond acceptors (Lipinski definition) is 5. The molecule has 1 atom stereocenters. The third-order valence-corrected chi connectivity index (χ3v) is 4.23. The molecule has 1 amide bonds. The van der Waals surface area contributed by atoms with Crippen LogP contribution in [-0.4, -0.2) is 26.9 Å². The first-order valence-electron chi connectivity index (χ1n) is 8.57. The van der Waals surface area contributed by atoms with Gasteiger partial charge in [-0.3, -0.25) is 9.48 Å². The van der Waals surface area contributed by atoms with Crippen molar-refractivity contribution in [2.45, 2.75) is 40.0 Å². The fourth-order valence-electron chi connectivity index (χ4n) is 2.64. The van der Waals surface area contributed by atoms with E-state index in [0.29, 0.717) is 28.6 Å². The highest BCUT2D eigenvalue weighted by Crippen LogP contribution is 2.21. The second-order valence-electron chi connectivity index (χ2n) is 6.37. The van der Waals surface area contributed by atoms with Crippen molar-refractivity contribution in [3.8, 4) is 5.75 Å². The summed E-state index contributed by atoms with van der Waals surface area (Å²) in [5.74, 6) is 0.835. The van der Waals surface area contributed by atoms with Crippen molar-refractivity contribution in [3.05, 3.63) is 64.3 Å². The molecular formula is C19H21ClN4O3. The van der Waals surface area contributed by atoms with Crippen LogP contribution < -0.4 is 10.1 Å². The lowest BCUT2D eigenvalue weighted by atomic mass is 10.2. The molecule has 0 radical (unpaired) electrons. The lowest BCUT2D eigenvalue weighted by Crippen LogP contribution is -2.36. The normalized spacial score (nSPS) is 12.0. The van der Waals surface area contributed by atoms with E-state index in [0.717, 1.165) is 5.69 Å². The number of rotatable bonds is 7. The second kappa shape index (κ2) is 8.26. The van der Waals surface area contributed by atoms with Crippen LogP contribution in [0.5, 0.6) is 5.75 Å². The first-order valence-corrected chi connectivity index (χ1v) is 8.94. The van der Waals surface area contributed by atoms with Gasteiger partial charge in [0, 0.05) is 17.3 Å². The molecular weight excluding hydrogens is 368 g/mol. The van der Waals surface area contributed by atoms with Gasteiger partial charge in [-0.05, 0) is 45.0 Å². The Bertz CT molecular complexity index is 935. The lowest BCUT2D eigenvalue weighted by Gasteiger charge is -2.13. The second-order valence-corrected chi connectivity index (χ2v) is 6.80. The maximum absolute atomic E-state index is 12.6. The van der Waals surface area contributed by atoms with Crippen molar-refractivity contribution >= 4 is 17.5 Å². The molecule has 3 aromatic rings. The number of halogens is 1. The van der Waals surface area contributed by atoms with Crippen LogP contribution in [0, 0.1) is 13.8 Å². The smallest absolute Gasteiger partial charge is 0.274 e. The Balaban J connectivity index is 1.64. The lowest BCUT2D eigenvalue weighted by molar-refractivity contribution is 0.0924. The summed E-state index contributed by atoms with van der Waals surface area (Å²) < 4.78 is 12.7. The zero-order valence-electron chi connectivity index (χ0n) is 15.4. The van der Waals surface area contributed by atoms with Gasteiger partial charge in [-0.2, -0.15) is 5.10 Å². The van der Waals surface area contributed by atoms with Crippen LogP contribution >= 0.6 is 11.6 Å².